The molecule has 1 heterocycles. The fourth-order valence-electron chi connectivity index (χ4n) is 2.97. The number of anilines is 2. The number of carbonyl (C=O) groups is 2. The van der Waals surface area contributed by atoms with Crippen molar-refractivity contribution in [2.24, 2.45) is 5.92 Å². The van der Waals surface area contributed by atoms with E-state index in [2.05, 4.69) is 21.0 Å². The van der Waals surface area contributed by atoms with Crippen LogP contribution in [0.5, 0.6) is 0 Å². The number of nitrogens with zero attached hydrogens (tertiary/aromatic N) is 2. The number of hydrogen-bond acceptors (Lipinski definition) is 5. The van der Waals surface area contributed by atoms with Crippen LogP contribution in [0.25, 0.3) is 5.69 Å². The zero-order valence-corrected chi connectivity index (χ0v) is 19.4. The van der Waals surface area contributed by atoms with E-state index in [0.29, 0.717) is 40.6 Å². The quantitative estimate of drug-likeness (QED) is 0.361. The summed E-state index contributed by atoms with van der Waals surface area (Å²) in [5.74, 6) is -0.284. The Kier molecular flexibility index (Phi) is 8.02. The standard InChI is InChI=1S/C22H25ClN6O2S/c1-14(4-3-13-25-22(31)27-18-7-5-16(23)6-8-18)20(30)26-17-9-11-19(12-10-17)29-21(24)32-15(2)28-29/h5-12,14,24H,3-4,13H2,1-2H3,(H,26,30)(H2,25,27,31)/t14-/m1/s1. The first-order valence-electron chi connectivity index (χ1n) is 10.1. The number of urea groups is 1. The average Bonchev–Trinajstić information content (AvgIpc) is 3.11. The third-order valence-corrected chi connectivity index (χ3v) is 5.70. The second-order valence-electron chi connectivity index (χ2n) is 7.31. The molecule has 0 saturated carbocycles. The molecule has 0 radical (unpaired) electrons. The summed E-state index contributed by atoms with van der Waals surface area (Å²) in [6.45, 7) is 4.18. The van der Waals surface area contributed by atoms with Gasteiger partial charge >= 0.3 is 6.03 Å². The van der Waals surface area contributed by atoms with Gasteiger partial charge in [0, 0.05) is 28.9 Å². The molecule has 2 aromatic carbocycles. The average molecular weight is 473 g/mol. The topological polar surface area (TPSA) is 112 Å². The van der Waals surface area contributed by atoms with Crippen LogP contribution in [0.3, 0.4) is 0 Å². The number of benzene rings is 2. The molecular weight excluding hydrogens is 448 g/mol. The summed E-state index contributed by atoms with van der Waals surface area (Å²) in [5, 5.41) is 22.1. The van der Waals surface area contributed by atoms with Gasteiger partial charge in [-0.05, 0) is 68.3 Å². The van der Waals surface area contributed by atoms with Crippen LogP contribution >= 0.6 is 22.9 Å². The van der Waals surface area contributed by atoms with E-state index in [-0.39, 0.29) is 17.9 Å². The molecule has 3 aromatic rings. The van der Waals surface area contributed by atoms with Gasteiger partial charge in [0.2, 0.25) is 10.7 Å². The van der Waals surface area contributed by atoms with E-state index in [1.54, 1.807) is 41.1 Å². The van der Waals surface area contributed by atoms with Crippen LogP contribution in [0.1, 0.15) is 24.8 Å². The van der Waals surface area contributed by atoms with Crippen molar-refractivity contribution in [3.8, 4) is 5.69 Å². The minimum atomic E-state index is -0.298. The first-order valence-corrected chi connectivity index (χ1v) is 11.3. The molecule has 0 saturated heterocycles. The normalized spacial score (nSPS) is 11.6. The molecule has 10 heteroatoms. The summed E-state index contributed by atoms with van der Waals surface area (Å²) in [4.78, 5) is 24.7. The van der Waals surface area contributed by atoms with E-state index in [9.17, 15) is 9.59 Å². The number of nitrogens with one attached hydrogen (secondary N) is 4. The molecule has 0 fully saturated rings. The molecule has 0 aliphatic heterocycles. The molecular formula is C22H25ClN6O2S. The Hall–Kier alpha value is -3.17. The number of halogens is 1. The molecule has 3 rings (SSSR count). The van der Waals surface area contributed by atoms with Crippen LogP contribution in [-0.2, 0) is 4.79 Å². The first kappa shape index (κ1) is 23.5. The maximum atomic E-state index is 12.5. The van der Waals surface area contributed by atoms with Crippen LogP contribution < -0.4 is 20.8 Å². The summed E-state index contributed by atoms with van der Waals surface area (Å²) in [6, 6.07) is 13.8. The molecule has 3 amide bonds. The number of amides is 3. The molecule has 1 aromatic heterocycles. The van der Waals surface area contributed by atoms with Crippen molar-refractivity contribution < 1.29 is 9.59 Å². The number of carbonyl (C=O) groups excluding carboxylic acids is 2. The van der Waals surface area contributed by atoms with Crippen LogP contribution in [-0.4, -0.2) is 28.3 Å². The highest BCUT2D eigenvalue weighted by atomic mass is 35.5. The molecule has 168 valence electrons. The van der Waals surface area contributed by atoms with Gasteiger partial charge < -0.3 is 16.0 Å². The van der Waals surface area contributed by atoms with Crippen LogP contribution in [0, 0.1) is 18.3 Å². The smallest absolute Gasteiger partial charge is 0.319 e. The van der Waals surface area contributed by atoms with Crippen molar-refractivity contribution in [1.82, 2.24) is 15.1 Å². The van der Waals surface area contributed by atoms with Crippen LogP contribution in [0.15, 0.2) is 48.5 Å². The van der Waals surface area contributed by atoms with E-state index in [4.69, 9.17) is 17.0 Å². The summed E-state index contributed by atoms with van der Waals surface area (Å²) >= 11 is 7.13. The highest BCUT2D eigenvalue weighted by molar-refractivity contribution is 7.08. The maximum absolute atomic E-state index is 12.5. The van der Waals surface area contributed by atoms with Gasteiger partial charge in [-0.15, -0.1) is 0 Å². The Morgan fingerprint density at radius 1 is 1.09 bits per heavy atom. The molecule has 4 N–H and O–H groups in total. The molecule has 0 aliphatic rings. The fraction of sp³-hybridized carbons (Fsp3) is 0.273. The van der Waals surface area contributed by atoms with Crippen molar-refractivity contribution in [3.05, 3.63) is 63.4 Å². The van der Waals surface area contributed by atoms with E-state index < -0.39 is 0 Å². The zero-order valence-electron chi connectivity index (χ0n) is 17.8. The summed E-state index contributed by atoms with van der Waals surface area (Å²) in [7, 11) is 0. The lowest BCUT2D eigenvalue weighted by Gasteiger charge is -2.13. The predicted molar refractivity (Wildman–Crippen MR) is 128 cm³/mol. The van der Waals surface area contributed by atoms with E-state index in [1.165, 1.54) is 11.3 Å². The number of aryl methyl sites for hydroxylation is 1. The molecule has 0 spiro atoms. The highest BCUT2D eigenvalue weighted by Crippen LogP contribution is 2.15. The highest BCUT2D eigenvalue weighted by Gasteiger charge is 2.13. The second kappa shape index (κ2) is 10.9. The van der Waals surface area contributed by atoms with Gasteiger partial charge in [0.1, 0.15) is 5.01 Å². The summed E-state index contributed by atoms with van der Waals surface area (Å²) in [6.07, 6.45) is 1.31. The van der Waals surface area contributed by atoms with Gasteiger partial charge in [0.15, 0.2) is 0 Å². The Bertz CT molecular complexity index is 1120. The maximum Gasteiger partial charge on any atom is 0.319 e. The molecule has 0 aliphatic carbocycles. The van der Waals surface area contributed by atoms with Crippen molar-refractivity contribution in [2.75, 3.05) is 17.2 Å². The van der Waals surface area contributed by atoms with Crippen LogP contribution in [0.2, 0.25) is 5.02 Å². The Morgan fingerprint density at radius 3 is 2.34 bits per heavy atom. The Labute approximate surface area is 195 Å². The van der Waals surface area contributed by atoms with E-state index >= 15 is 0 Å². The lowest BCUT2D eigenvalue weighted by Crippen LogP contribution is -2.30. The molecule has 0 bridgehead atoms. The van der Waals surface area contributed by atoms with Gasteiger partial charge in [-0.2, -0.15) is 5.10 Å². The van der Waals surface area contributed by atoms with Gasteiger partial charge in [-0.25, -0.2) is 9.48 Å². The van der Waals surface area contributed by atoms with Gasteiger partial charge in [-0.1, -0.05) is 29.9 Å². The second-order valence-corrected chi connectivity index (χ2v) is 8.92. The fourth-order valence-corrected chi connectivity index (χ4v) is 3.73. The Morgan fingerprint density at radius 2 is 1.72 bits per heavy atom. The number of aromatic nitrogens is 2. The zero-order chi connectivity index (χ0) is 23.1. The minimum Gasteiger partial charge on any atom is -0.338 e. The molecule has 1 atom stereocenters. The van der Waals surface area contributed by atoms with Crippen LogP contribution in [0.4, 0.5) is 16.2 Å². The Balaban J connectivity index is 1.40. The minimum absolute atomic E-state index is 0.0818. The first-order chi connectivity index (χ1) is 15.3. The van der Waals surface area contributed by atoms with Crippen molar-refractivity contribution in [1.29, 1.82) is 5.41 Å². The number of rotatable bonds is 8. The lowest BCUT2D eigenvalue weighted by atomic mass is 10.0. The summed E-state index contributed by atoms with van der Waals surface area (Å²) in [5.41, 5.74) is 2.12. The molecule has 0 unspecified atom stereocenters. The third kappa shape index (κ3) is 6.66. The van der Waals surface area contributed by atoms with E-state index in [1.807, 2.05) is 26.0 Å². The third-order valence-electron chi connectivity index (χ3n) is 4.71. The van der Waals surface area contributed by atoms with Gasteiger partial charge in [0.25, 0.3) is 0 Å². The largest absolute Gasteiger partial charge is 0.338 e. The van der Waals surface area contributed by atoms with Gasteiger partial charge in [0.05, 0.1) is 5.69 Å². The predicted octanol–water partition coefficient (Wildman–Crippen LogP) is 4.55. The van der Waals surface area contributed by atoms with Crippen molar-refractivity contribution in [2.45, 2.75) is 26.7 Å². The van der Waals surface area contributed by atoms with Gasteiger partial charge in [-0.3, -0.25) is 10.2 Å². The van der Waals surface area contributed by atoms with E-state index in [0.717, 1.165) is 10.7 Å². The monoisotopic (exact) mass is 472 g/mol. The van der Waals surface area contributed by atoms with Crippen molar-refractivity contribution >= 4 is 46.3 Å². The summed E-state index contributed by atoms with van der Waals surface area (Å²) < 4.78 is 1.56. The van der Waals surface area contributed by atoms with Crippen molar-refractivity contribution in [3.63, 3.8) is 0 Å². The molecule has 8 nitrogen and oxygen atoms in total. The number of hydrogen-bond donors (Lipinski definition) is 4. The SMILES string of the molecule is Cc1nn(-c2ccc(NC(=O)[C@H](C)CCCNC(=O)Nc3ccc(Cl)cc3)cc2)c(=N)s1. The molecule has 32 heavy (non-hydrogen) atoms. The lowest BCUT2D eigenvalue weighted by molar-refractivity contribution is -0.119.